The number of anilines is 2. The molecule has 2 aromatic rings. The fourth-order valence-electron chi connectivity index (χ4n) is 2.64. The van der Waals surface area contributed by atoms with Crippen molar-refractivity contribution in [2.24, 2.45) is 0 Å². The van der Waals surface area contributed by atoms with Gasteiger partial charge in [-0.2, -0.15) is 0 Å². The van der Waals surface area contributed by atoms with E-state index in [4.69, 9.17) is 9.47 Å². The van der Waals surface area contributed by atoms with Crippen LogP contribution in [0.15, 0.2) is 54.6 Å². The summed E-state index contributed by atoms with van der Waals surface area (Å²) in [5.41, 5.74) is 1.24. The molecule has 0 saturated carbocycles. The molecule has 0 spiro atoms. The Bertz CT molecular complexity index is 980. The lowest BCUT2D eigenvalue weighted by molar-refractivity contribution is -0.116. The number of methoxy groups -OCH3 is 1. The average Bonchev–Trinajstić information content (AvgIpc) is 2.71. The zero-order chi connectivity index (χ0) is 23.6. The van der Waals surface area contributed by atoms with Crippen LogP contribution in [0.25, 0.3) is 6.08 Å². The van der Waals surface area contributed by atoms with Gasteiger partial charge in [0.25, 0.3) is 0 Å². The van der Waals surface area contributed by atoms with E-state index in [2.05, 4.69) is 16.0 Å². The van der Waals surface area contributed by atoms with Crippen LogP contribution in [0.5, 0.6) is 5.75 Å². The van der Waals surface area contributed by atoms with Gasteiger partial charge in [-0.3, -0.25) is 9.59 Å². The number of hydrogen-bond acceptors (Lipinski definition) is 5. The van der Waals surface area contributed by atoms with Crippen molar-refractivity contribution in [2.75, 3.05) is 24.3 Å². The molecular weight excluding hydrogens is 410 g/mol. The Morgan fingerprint density at radius 1 is 0.969 bits per heavy atom. The van der Waals surface area contributed by atoms with Crippen LogP contribution in [0.1, 0.15) is 32.8 Å². The topological polar surface area (TPSA) is 106 Å². The molecule has 3 N–H and O–H groups in total. The second kappa shape index (κ2) is 11.5. The van der Waals surface area contributed by atoms with Gasteiger partial charge >= 0.3 is 6.09 Å². The highest BCUT2D eigenvalue weighted by molar-refractivity contribution is 6.02. The molecule has 0 radical (unpaired) electrons. The highest BCUT2D eigenvalue weighted by Gasteiger charge is 2.16. The summed E-state index contributed by atoms with van der Waals surface area (Å²) in [4.78, 5) is 36.0. The Labute approximate surface area is 188 Å². The first kappa shape index (κ1) is 24.5. The van der Waals surface area contributed by atoms with Gasteiger partial charge in [0.1, 0.15) is 11.4 Å². The van der Waals surface area contributed by atoms with Gasteiger partial charge in [0.05, 0.1) is 7.11 Å². The number of hydrogen-bond donors (Lipinski definition) is 3. The molecule has 170 valence electrons. The van der Waals surface area contributed by atoms with Crippen molar-refractivity contribution in [1.82, 2.24) is 5.32 Å². The second-order valence-corrected chi connectivity index (χ2v) is 7.87. The van der Waals surface area contributed by atoms with Crippen molar-refractivity contribution in [3.05, 3.63) is 60.2 Å². The van der Waals surface area contributed by atoms with Gasteiger partial charge in [0, 0.05) is 36.0 Å². The van der Waals surface area contributed by atoms with Crippen LogP contribution in [0.4, 0.5) is 16.2 Å². The van der Waals surface area contributed by atoms with Crippen molar-refractivity contribution in [2.45, 2.75) is 32.8 Å². The maximum atomic E-state index is 12.2. The molecule has 0 aliphatic rings. The number of rotatable bonds is 8. The monoisotopic (exact) mass is 439 g/mol. The molecule has 8 nitrogen and oxygen atoms in total. The van der Waals surface area contributed by atoms with E-state index in [1.807, 2.05) is 24.3 Å². The smallest absolute Gasteiger partial charge is 0.407 e. The van der Waals surface area contributed by atoms with Gasteiger partial charge in [0.15, 0.2) is 0 Å². The first-order chi connectivity index (χ1) is 15.2. The van der Waals surface area contributed by atoms with Crippen molar-refractivity contribution in [3.8, 4) is 5.75 Å². The van der Waals surface area contributed by atoms with Crippen molar-refractivity contribution in [3.63, 3.8) is 0 Å². The van der Waals surface area contributed by atoms with E-state index >= 15 is 0 Å². The molecule has 0 aromatic heterocycles. The molecule has 32 heavy (non-hydrogen) atoms. The first-order valence-corrected chi connectivity index (χ1v) is 10.1. The van der Waals surface area contributed by atoms with Gasteiger partial charge in [-0.05, 0) is 51.1 Å². The van der Waals surface area contributed by atoms with Crippen LogP contribution in [0, 0.1) is 0 Å². The highest BCUT2D eigenvalue weighted by atomic mass is 16.6. The third-order valence-electron chi connectivity index (χ3n) is 3.99. The number of nitrogens with one attached hydrogen (secondary N) is 3. The van der Waals surface area contributed by atoms with Crippen LogP contribution >= 0.6 is 0 Å². The number of carbonyl (C=O) groups excluding carboxylic acids is 3. The molecular formula is C24H29N3O5. The van der Waals surface area contributed by atoms with Crippen LogP contribution < -0.4 is 20.7 Å². The molecule has 2 rings (SSSR count). The molecule has 0 saturated heterocycles. The van der Waals surface area contributed by atoms with Crippen molar-refractivity contribution >= 4 is 35.4 Å². The zero-order valence-corrected chi connectivity index (χ0v) is 18.7. The molecule has 0 heterocycles. The van der Waals surface area contributed by atoms with Crippen LogP contribution in [0.2, 0.25) is 0 Å². The number of amides is 3. The van der Waals surface area contributed by atoms with Crippen molar-refractivity contribution < 1.29 is 23.9 Å². The van der Waals surface area contributed by atoms with Crippen LogP contribution in [-0.4, -0.2) is 37.2 Å². The van der Waals surface area contributed by atoms with E-state index in [0.29, 0.717) is 17.1 Å². The van der Waals surface area contributed by atoms with Gasteiger partial charge < -0.3 is 25.4 Å². The number of carbonyl (C=O) groups is 3. The normalized spacial score (nSPS) is 11.0. The third kappa shape index (κ3) is 8.91. The average molecular weight is 440 g/mol. The van der Waals surface area contributed by atoms with E-state index in [0.717, 1.165) is 5.56 Å². The van der Waals surface area contributed by atoms with E-state index in [1.54, 1.807) is 58.2 Å². The number of ether oxygens (including phenoxy) is 2. The minimum absolute atomic E-state index is 0.0808. The number of alkyl carbamates (subject to hydrolysis) is 1. The predicted molar refractivity (Wildman–Crippen MR) is 125 cm³/mol. The Hall–Kier alpha value is -3.81. The molecule has 2 aromatic carbocycles. The molecule has 0 aliphatic carbocycles. The predicted octanol–water partition coefficient (Wildman–Crippen LogP) is 4.20. The molecule has 3 amide bonds. The molecule has 0 bridgehead atoms. The molecule has 0 aliphatic heterocycles. The highest BCUT2D eigenvalue weighted by Crippen LogP contribution is 2.19. The summed E-state index contributed by atoms with van der Waals surface area (Å²) in [5, 5.41) is 8.02. The standard InChI is InChI=1S/C24H29N3O5/c1-24(2,3)32-23(30)25-15-14-22(29)27-19-10-7-9-18(16-19)26-21(28)13-12-17-8-5-6-11-20(17)31-4/h5-13,16H,14-15H2,1-4H3,(H,25,30)(H,26,28)(H,27,29)/b13-12+. The maximum absolute atomic E-state index is 12.2. The van der Waals surface area contributed by atoms with Crippen LogP contribution in [-0.2, 0) is 14.3 Å². The first-order valence-electron chi connectivity index (χ1n) is 10.1. The van der Waals surface area contributed by atoms with Crippen molar-refractivity contribution in [1.29, 1.82) is 0 Å². The Morgan fingerprint density at radius 2 is 1.66 bits per heavy atom. The summed E-state index contributed by atoms with van der Waals surface area (Å²) in [5.74, 6) is 0.0731. The van der Waals surface area contributed by atoms with Gasteiger partial charge in [-0.25, -0.2) is 4.79 Å². The second-order valence-electron chi connectivity index (χ2n) is 7.87. The number of para-hydroxylation sites is 1. The minimum atomic E-state index is -0.598. The Morgan fingerprint density at radius 3 is 2.34 bits per heavy atom. The van der Waals surface area contributed by atoms with Gasteiger partial charge in [-0.15, -0.1) is 0 Å². The van der Waals surface area contributed by atoms with E-state index in [1.165, 1.54) is 6.08 Å². The molecule has 0 atom stereocenters. The SMILES string of the molecule is COc1ccccc1/C=C/C(=O)Nc1cccc(NC(=O)CCNC(=O)OC(C)(C)C)c1. The summed E-state index contributed by atoms with van der Waals surface area (Å²) < 4.78 is 10.4. The van der Waals surface area contributed by atoms with Gasteiger partial charge in [-0.1, -0.05) is 24.3 Å². The van der Waals surface area contributed by atoms with E-state index in [-0.39, 0.29) is 24.8 Å². The lowest BCUT2D eigenvalue weighted by Crippen LogP contribution is -2.34. The van der Waals surface area contributed by atoms with E-state index < -0.39 is 11.7 Å². The summed E-state index contributed by atoms with van der Waals surface area (Å²) in [6, 6.07) is 14.2. The van der Waals surface area contributed by atoms with Crippen LogP contribution in [0.3, 0.4) is 0 Å². The fourth-order valence-corrected chi connectivity index (χ4v) is 2.64. The van der Waals surface area contributed by atoms with E-state index in [9.17, 15) is 14.4 Å². The Kier molecular flexibility index (Phi) is 8.83. The summed E-state index contributed by atoms with van der Waals surface area (Å²) in [6.45, 7) is 5.43. The largest absolute Gasteiger partial charge is 0.496 e. The summed E-state index contributed by atoms with van der Waals surface area (Å²) in [6.07, 6.45) is 2.58. The zero-order valence-electron chi connectivity index (χ0n) is 18.7. The Balaban J connectivity index is 1.85. The number of benzene rings is 2. The lowest BCUT2D eigenvalue weighted by Gasteiger charge is -2.19. The fraction of sp³-hybridized carbons (Fsp3) is 0.292. The quantitative estimate of drug-likeness (QED) is 0.535. The maximum Gasteiger partial charge on any atom is 0.407 e. The minimum Gasteiger partial charge on any atom is -0.496 e. The lowest BCUT2D eigenvalue weighted by atomic mass is 10.2. The summed E-state index contributed by atoms with van der Waals surface area (Å²) in [7, 11) is 1.57. The molecule has 8 heteroatoms. The molecule has 0 fully saturated rings. The van der Waals surface area contributed by atoms with Gasteiger partial charge in [0.2, 0.25) is 11.8 Å². The summed E-state index contributed by atoms with van der Waals surface area (Å²) >= 11 is 0. The third-order valence-corrected chi connectivity index (χ3v) is 3.99. The molecule has 0 unspecified atom stereocenters.